The number of amides is 1. The molecule has 0 saturated heterocycles. The summed E-state index contributed by atoms with van der Waals surface area (Å²) in [6.07, 6.45) is 4.10. The Morgan fingerprint density at radius 2 is 2.05 bits per heavy atom. The molecular weight excluding hydrogens is 329 g/mol. The molecule has 0 aliphatic rings. The Bertz CT molecular complexity index is 696. The van der Waals surface area contributed by atoms with Gasteiger partial charge in [0.2, 0.25) is 0 Å². The number of esters is 1. The Balaban J connectivity index is 1.79. The average Bonchev–Trinajstić information content (AvgIpc) is 3.00. The number of anilines is 1. The molecule has 2 aromatic rings. The Kier molecular flexibility index (Phi) is 5.63. The van der Waals surface area contributed by atoms with Gasteiger partial charge in [-0.3, -0.25) is 4.79 Å². The summed E-state index contributed by atoms with van der Waals surface area (Å²) in [5.41, 5.74) is 0.460. The summed E-state index contributed by atoms with van der Waals surface area (Å²) >= 11 is 11.6. The lowest BCUT2D eigenvalue weighted by Gasteiger charge is -2.06. The number of rotatable bonds is 5. The van der Waals surface area contributed by atoms with Crippen molar-refractivity contribution >= 4 is 46.8 Å². The van der Waals surface area contributed by atoms with Gasteiger partial charge in [-0.2, -0.15) is 0 Å². The van der Waals surface area contributed by atoms with Crippen LogP contribution in [0.3, 0.4) is 0 Å². The molecule has 0 atom stereocenters. The monoisotopic (exact) mass is 339 g/mol. The molecule has 1 heterocycles. The molecule has 1 aromatic carbocycles. The highest BCUT2D eigenvalue weighted by molar-refractivity contribution is 6.42. The molecule has 114 valence electrons. The molecule has 1 amide bonds. The molecule has 0 saturated carbocycles. The molecule has 1 N–H and O–H groups in total. The van der Waals surface area contributed by atoms with Gasteiger partial charge in [-0.05, 0) is 36.4 Å². The number of hydrogen-bond donors (Lipinski definition) is 1. The van der Waals surface area contributed by atoms with Gasteiger partial charge in [0.05, 0.1) is 16.3 Å². The topological polar surface area (TPSA) is 68.5 Å². The number of nitrogens with one attached hydrogen (secondary N) is 1. The van der Waals surface area contributed by atoms with Crippen molar-refractivity contribution in [2.24, 2.45) is 0 Å². The predicted octanol–water partition coefficient (Wildman–Crippen LogP) is 3.78. The number of halogens is 2. The molecule has 0 unspecified atom stereocenters. The van der Waals surface area contributed by atoms with Crippen LogP contribution < -0.4 is 5.32 Å². The van der Waals surface area contributed by atoms with Crippen LogP contribution in [0, 0.1) is 0 Å². The minimum Gasteiger partial charge on any atom is -0.465 e. The fraction of sp³-hybridized carbons (Fsp3) is 0.0667. The van der Waals surface area contributed by atoms with Gasteiger partial charge in [-0.1, -0.05) is 23.2 Å². The zero-order valence-corrected chi connectivity index (χ0v) is 12.7. The van der Waals surface area contributed by atoms with E-state index in [2.05, 4.69) is 5.32 Å². The normalized spacial score (nSPS) is 10.6. The minimum atomic E-state index is -0.652. The van der Waals surface area contributed by atoms with E-state index in [0.717, 1.165) is 0 Å². The van der Waals surface area contributed by atoms with Crippen LogP contribution in [-0.4, -0.2) is 18.5 Å². The van der Waals surface area contributed by atoms with E-state index >= 15 is 0 Å². The third-order valence-electron chi connectivity index (χ3n) is 2.48. The van der Waals surface area contributed by atoms with Crippen molar-refractivity contribution in [3.8, 4) is 0 Å². The molecule has 0 radical (unpaired) electrons. The maximum atomic E-state index is 11.6. The van der Waals surface area contributed by atoms with Gasteiger partial charge in [0, 0.05) is 11.8 Å². The second kappa shape index (κ2) is 7.68. The summed E-state index contributed by atoms with van der Waals surface area (Å²) in [5.74, 6) is -0.629. The number of ether oxygens (including phenoxy) is 1. The molecule has 0 spiro atoms. The summed E-state index contributed by atoms with van der Waals surface area (Å²) in [7, 11) is 0. The van der Waals surface area contributed by atoms with E-state index in [9.17, 15) is 9.59 Å². The maximum Gasteiger partial charge on any atom is 0.331 e. The third kappa shape index (κ3) is 4.95. The van der Waals surface area contributed by atoms with Gasteiger partial charge in [-0.25, -0.2) is 4.79 Å². The largest absolute Gasteiger partial charge is 0.465 e. The Morgan fingerprint density at radius 1 is 1.23 bits per heavy atom. The van der Waals surface area contributed by atoms with Crippen LogP contribution in [0.25, 0.3) is 6.08 Å². The van der Waals surface area contributed by atoms with E-state index in [0.29, 0.717) is 21.5 Å². The van der Waals surface area contributed by atoms with Gasteiger partial charge in [-0.15, -0.1) is 0 Å². The van der Waals surface area contributed by atoms with Gasteiger partial charge < -0.3 is 14.5 Å². The number of carbonyl (C=O) groups is 2. The summed E-state index contributed by atoms with van der Waals surface area (Å²) in [5, 5.41) is 3.23. The van der Waals surface area contributed by atoms with Crippen LogP contribution in [0.1, 0.15) is 5.76 Å². The minimum absolute atomic E-state index is 0.317. The first kappa shape index (κ1) is 16.1. The smallest absolute Gasteiger partial charge is 0.331 e. The number of furan rings is 1. The molecule has 0 bridgehead atoms. The van der Waals surface area contributed by atoms with Gasteiger partial charge >= 0.3 is 5.97 Å². The highest BCUT2D eigenvalue weighted by atomic mass is 35.5. The first-order valence-electron chi connectivity index (χ1n) is 6.18. The molecular formula is C15H11Cl2NO4. The Labute approximate surface area is 136 Å². The van der Waals surface area contributed by atoms with Crippen LogP contribution in [-0.2, 0) is 14.3 Å². The SMILES string of the molecule is O=C(COC(=O)/C=C/c1ccco1)Nc1ccc(Cl)c(Cl)c1. The molecule has 2 rings (SSSR count). The van der Waals surface area contributed by atoms with E-state index < -0.39 is 18.5 Å². The molecule has 0 aliphatic heterocycles. The fourth-order valence-corrected chi connectivity index (χ4v) is 1.79. The lowest BCUT2D eigenvalue weighted by molar-refractivity contribution is -0.142. The zero-order valence-electron chi connectivity index (χ0n) is 11.2. The summed E-state index contributed by atoms with van der Waals surface area (Å²) in [6.45, 7) is -0.415. The Hall–Kier alpha value is -2.24. The number of benzene rings is 1. The first-order valence-corrected chi connectivity index (χ1v) is 6.93. The van der Waals surface area contributed by atoms with Crippen molar-refractivity contribution in [1.29, 1.82) is 0 Å². The molecule has 5 nitrogen and oxygen atoms in total. The van der Waals surface area contributed by atoms with Crippen molar-refractivity contribution in [3.05, 3.63) is 58.5 Å². The Morgan fingerprint density at radius 3 is 2.73 bits per heavy atom. The van der Waals surface area contributed by atoms with E-state index in [1.165, 1.54) is 24.5 Å². The molecule has 0 aliphatic carbocycles. The van der Waals surface area contributed by atoms with Crippen LogP contribution in [0.2, 0.25) is 10.0 Å². The van der Waals surface area contributed by atoms with Crippen molar-refractivity contribution < 1.29 is 18.7 Å². The molecule has 22 heavy (non-hydrogen) atoms. The highest BCUT2D eigenvalue weighted by Gasteiger charge is 2.07. The van der Waals surface area contributed by atoms with E-state index in [4.69, 9.17) is 32.4 Å². The standard InChI is InChI=1S/C15H11Cl2NO4/c16-12-5-3-10(8-13(12)17)18-14(19)9-22-15(20)6-4-11-2-1-7-21-11/h1-8H,9H2,(H,18,19)/b6-4+. The van der Waals surface area contributed by atoms with Gasteiger partial charge in [0.15, 0.2) is 6.61 Å². The molecule has 0 fully saturated rings. The summed E-state index contributed by atoms with van der Waals surface area (Å²) in [6, 6.07) is 8.01. The lowest BCUT2D eigenvalue weighted by atomic mass is 10.3. The summed E-state index contributed by atoms with van der Waals surface area (Å²) < 4.78 is 9.80. The van der Waals surface area contributed by atoms with E-state index in [-0.39, 0.29) is 0 Å². The second-order valence-electron chi connectivity index (χ2n) is 4.13. The quantitative estimate of drug-likeness (QED) is 0.664. The van der Waals surface area contributed by atoms with Crippen LogP contribution in [0.4, 0.5) is 5.69 Å². The first-order chi connectivity index (χ1) is 10.5. The van der Waals surface area contributed by atoms with Crippen LogP contribution in [0.15, 0.2) is 47.1 Å². The third-order valence-corrected chi connectivity index (χ3v) is 3.21. The highest BCUT2D eigenvalue weighted by Crippen LogP contribution is 2.24. The van der Waals surface area contributed by atoms with Crippen molar-refractivity contribution in [2.75, 3.05) is 11.9 Å². The van der Waals surface area contributed by atoms with E-state index in [1.54, 1.807) is 24.3 Å². The van der Waals surface area contributed by atoms with Gasteiger partial charge in [0.1, 0.15) is 5.76 Å². The van der Waals surface area contributed by atoms with Gasteiger partial charge in [0.25, 0.3) is 5.91 Å². The average molecular weight is 340 g/mol. The fourth-order valence-electron chi connectivity index (χ4n) is 1.49. The molecule has 1 aromatic heterocycles. The maximum absolute atomic E-state index is 11.6. The molecule has 7 heteroatoms. The van der Waals surface area contributed by atoms with Crippen molar-refractivity contribution in [2.45, 2.75) is 0 Å². The lowest BCUT2D eigenvalue weighted by Crippen LogP contribution is -2.20. The van der Waals surface area contributed by atoms with E-state index in [1.807, 2.05) is 0 Å². The van der Waals surface area contributed by atoms with Crippen LogP contribution in [0.5, 0.6) is 0 Å². The van der Waals surface area contributed by atoms with Crippen molar-refractivity contribution in [3.63, 3.8) is 0 Å². The predicted molar refractivity (Wildman–Crippen MR) is 83.8 cm³/mol. The zero-order chi connectivity index (χ0) is 15.9. The second-order valence-corrected chi connectivity index (χ2v) is 4.95. The van der Waals surface area contributed by atoms with Crippen LogP contribution >= 0.6 is 23.2 Å². The van der Waals surface area contributed by atoms with Crippen molar-refractivity contribution in [1.82, 2.24) is 0 Å². The number of hydrogen-bond acceptors (Lipinski definition) is 4. The summed E-state index contributed by atoms with van der Waals surface area (Å²) in [4.78, 5) is 23.1. The number of carbonyl (C=O) groups excluding carboxylic acids is 2.